The van der Waals surface area contributed by atoms with Crippen LogP contribution >= 0.6 is 11.3 Å². The minimum absolute atomic E-state index is 0.0827. The van der Waals surface area contributed by atoms with Crippen LogP contribution < -0.4 is 4.90 Å². The lowest BCUT2D eigenvalue weighted by Crippen LogP contribution is -2.37. The van der Waals surface area contributed by atoms with Crippen molar-refractivity contribution < 1.29 is 13.6 Å². The van der Waals surface area contributed by atoms with Crippen LogP contribution in [0.1, 0.15) is 26.3 Å². The number of carbonyl (C=O) groups is 1. The van der Waals surface area contributed by atoms with Gasteiger partial charge in [0.2, 0.25) is 5.91 Å². The SMILES string of the molecule is C[C@@H]1CN(c2cc(-c3cnn(C(F)F)c3)cc3ncsc23)C(=O)[C@]1(C#N)C1CC1. The van der Waals surface area contributed by atoms with Gasteiger partial charge in [-0.25, -0.2) is 9.67 Å². The molecule has 1 saturated heterocycles. The van der Waals surface area contributed by atoms with Crippen molar-refractivity contribution in [2.24, 2.45) is 17.3 Å². The molecule has 9 heteroatoms. The van der Waals surface area contributed by atoms with E-state index in [4.69, 9.17) is 0 Å². The number of nitrogens with zero attached hydrogens (tertiary/aromatic N) is 5. The molecule has 0 bridgehead atoms. The lowest BCUT2D eigenvalue weighted by molar-refractivity contribution is -0.124. The van der Waals surface area contributed by atoms with E-state index in [1.165, 1.54) is 23.7 Å². The predicted molar refractivity (Wildman–Crippen MR) is 104 cm³/mol. The second-order valence-electron chi connectivity index (χ2n) is 7.75. The monoisotopic (exact) mass is 413 g/mol. The molecule has 3 aromatic rings. The van der Waals surface area contributed by atoms with E-state index in [-0.39, 0.29) is 17.7 Å². The molecule has 1 aromatic carbocycles. The Labute approximate surface area is 169 Å². The van der Waals surface area contributed by atoms with E-state index in [9.17, 15) is 18.8 Å². The maximum absolute atomic E-state index is 13.4. The second-order valence-corrected chi connectivity index (χ2v) is 8.61. The van der Waals surface area contributed by atoms with Crippen molar-refractivity contribution in [2.45, 2.75) is 26.3 Å². The number of carbonyl (C=O) groups excluding carboxylic acids is 1. The van der Waals surface area contributed by atoms with Gasteiger partial charge in [0.25, 0.3) is 0 Å². The summed E-state index contributed by atoms with van der Waals surface area (Å²) in [4.78, 5) is 19.5. The minimum Gasteiger partial charge on any atom is -0.309 e. The van der Waals surface area contributed by atoms with E-state index in [1.54, 1.807) is 10.4 Å². The highest BCUT2D eigenvalue weighted by molar-refractivity contribution is 7.17. The summed E-state index contributed by atoms with van der Waals surface area (Å²) in [5, 5.41) is 13.6. The number of thiazole rings is 1. The standard InChI is InChI=1S/C20H17F2N5OS/c1-11-7-26(18(28)20(11,9-23)14-2-3-14)16-5-12(4-15-17(16)29-10-24-15)13-6-25-27(8-13)19(21)22/h4-6,8,10-11,14,19H,2-3,7H2,1H3/t11-,20+/m1/s1. The number of nitriles is 1. The molecule has 1 saturated carbocycles. The fourth-order valence-electron chi connectivity index (χ4n) is 4.42. The van der Waals surface area contributed by atoms with Gasteiger partial charge in [0, 0.05) is 24.2 Å². The molecule has 2 fully saturated rings. The molecular formula is C20H17F2N5OS. The molecule has 0 radical (unpaired) electrons. The van der Waals surface area contributed by atoms with Crippen LogP contribution in [0.2, 0.25) is 0 Å². The zero-order valence-corrected chi connectivity index (χ0v) is 16.4. The van der Waals surface area contributed by atoms with Crippen molar-refractivity contribution in [2.75, 3.05) is 11.4 Å². The maximum Gasteiger partial charge on any atom is 0.333 e. The Balaban J connectivity index is 1.62. The molecule has 148 valence electrons. The quantitative estimate of drug-likeness (QED) is 0.633. The molecule has 2 atom stereocenters. The van der Waals surface area contributed by atoms with E-state index in [2.05, 4.69) is 16.2 Å². The fraction of sp³-hybridized carbons (Fsp3) is 0.400. The van der Waals surface area contributed by atoms with Gasteiger partial charge < -0.3 is 4.90 Å². The Bertz CT molecular complexity index is 1160. The lowest BCUT2D eigenvalue weighted by Gasteiger charge is -2.23. The van der Waals surface area contributed by atoms with E-state index < -0.39 is 12.0 Å². The Kier molecular flexibility index (Phi) is 3.96. The molecule has 6 nitrogen and oxygen atoms in total. The largest absolute Gasteiger partial charge is 0.333 e. The van der Waals surface area contributed by atoms with Crippen molar-refractivity contribution in [3.63, 3.8) is 0 Å². The normalized spacial score (nSPS) is 24.6. The molecule has 2 aliphatic rings. The number of halogens is 2. The highest BCUT2D eigenvalue weighted by atomic mass is 32.1. The van der Waals surface area contributed by atoms with Crippen molar-refractivity contribution in [3.05, 3.63) is 30.0 Å². The average molecular weight is 413 g/mol. The Hall–Kier alpha value is -2.86. The number of alkyl halides is 2. The van der Waals surface area contributed by atoms with Gasteiger partial charge in [0.15, 0.2) is 0 Å². The molecule has 0 N–H and O–H groups in total. The van der Waals surface area contributed by atoms with Crippen LogP contribution in [0.25, 0.3) is 21.3 Å². The van der Waals surface area contributed by atoms with Crippen LogP contribution in [0.5, 0.6) is 0 Å². The van der Waals surface area contributed by atoms with Gasteiger partial charge in [-0.2, -0.15) is 19.1 Å². The first-order chi connectivity index (χ1) is 14.0. The maximum atomic E-state index is 13.4. The summed E-state index contributed by atoms with van der Waals surface area (Å²) in [6.45, 7) is -0.308. The predicted octanol–water partition coefficient (Wildman–Crippen LogP) is 4.46. The first-order valence-corrected chi connectivity index (χ1v) is 10.3. The number of aromatic nitrogens is 3. The zero-order chi connectivity index (χ0) is 20.3. The van der Waals surface area contributed by atoms with Crippen molar-refractivity contribution in [1.29, 1.82) is 5.26 Å². The smallest absolute Gasteiger partial charge is 0.309 e. The molecular weight excluding hydrogens is 396 g/mol. The van der Waals surface area contributed by atoms with Crippen molar-refractivity contribution in [1.82, 2.24) is 14.8 Å². The Morgan fingerprint density at radius 3 is 2.79 bits per heavy atom. The highest BCUT2D eigenvalue weighted by Crippen LogP contribution is 2.55. The summed E-state index contributed by atoms with van der Waals surface area (Å²) < 4.78 is 27.3. The molecule has 1 aliphatic heterocycles. The van der Waals surface area contributed by atoms with Crippen LogP contribution in [0, 0.1) is 28.6 Å². The van der Waals surface area contributed by atoms with Gasteiger partial charge in [-0.05, 0) is 36.5 Å². The molecule has 5 rings (SSSR count). The third kappa shape index (κ3) is 2.59. The topological polar surface area (TPSA) is 74.8 Å². The summed E-state index contributed by atoms with van der Waals surface area (Å²) in [6.07, 6.45) is 4.46. The third-order valence-electron chi connectivity index (χ3n) is 6.08. The lowest BCUT2D eigenvalue weighted by atomic mass is 9.75. The van der Waals surface area contributed by atoms with Crippen LogP contribution in [-0.4, -0.2) is 27.2 Å². The highest BCUT2D eigenvalue weighted by Gasteiger charge is 2.61. The van der Waals surface area contributed by atoms with E-state index in [1.807, 2.05) is 19.1 Å². The van der Waals surface area contributed by atoms with E-state index in [0.717, 1.165) is 17.5 Å². The number of fused-ring (bicyclic) bond motifs is 1. The first-order valence-electron chi connectivity index (χ1n) is 9.39. The summed E-state index contributed by atoms with van der Waals surface area (Å²) in [5.41, 5.74) is 3.27. The van der Waals surface area contributed by atoms with Crippen LogP contribution in [-0.2, 0) is 4.79 Å². The third-order valence-corrected chi connectivity index (χ3v) is 6.94. The minimum atomic E-state index is -2.72. The average Bonchev–Trinajstić information content (AvgIpc) is 3.16. The number of hydrogen-bond acceptors (Lipinski definition) is 5. The molecule has 1 amide bonds. The molecule has 29 heavy (non-hydrogen) atoms. The van der Waals surface area contributed by atoms with Gasteiger partial charge in [0.05, 0.1) is 33.7 Å². The van der Waals surface area contributed by atoms with E-state index >= 15 is 0 Å². The number of rotatable bonds is 4. The molecule has 3 heterocycles. The number of amides is 1. The van der Waals surface area contributed by atoms with Crippen LogP contribution in [0.3, 0.4) is 0 Å². The number of hydrogen-bond donors (Lipinski definition) is 0. The second kappa shape index (κ2) is 6.32. The van der Waals surface area contributed by atoms with Gasteiger partial charge in [-0.15, -0.1) is 11.3 Å². The van der Waals surface area contributed by atoms with Gasteiger partial charge >= 0.3 is 6.55 Å². The van der Waals surface area contributed by atoms with Crippen molar-refractivity contribution in [3.8, 4) is 17.2 Å². The van der Waals surface area contributed by atoms with Gasteiger partial charge in [-0.3, -0.25) is 4.79 Å². The molecule has 2 aromatic heterocycles. The Morgan fingerprint density at radius 1 is 1.34 bits per heavy atom. The zero-order valence-electron chi connectivity index (χ0n) is 15.5. The van der Waals surface area contributed by atoms with Crippen molar-refractivity contribution >= 4 is 33.1 Å². The number of anilines is 1. The fourth-order valence-corrected chi connectivity index (χ4v) is 5.21. The van der Waals surface area contributed by atoms with Gasteiger partial charge in [-0.1, -0.05) is 6.92 Å². The summed E-state index contributed by atoms with van der Waals surface area (Å²) in [6, 6.07) is 5.97. The van der Waals surface area contributed by atoms with Crippen LogP contribution in [0.4, 0.5) is 14.5 Å². The van der Waals surface area contributed by atoms with E-state index in [0.29, 0.717) is 33.6 Å². The molecule has 0 unspecified atom stereocenters. The summed E-state index contributed by atoms with van der Waals surface area (Å²) in [7, 11) is 0. The molecule has 1 aliphatic carbocycles. The summed E-state index contributed by atoms with van der Waals surface area (Å²) in [5.74, 6) is -0.129. The summed E-state index contributed by atoms with van der Waals surface area (Å²) >= 11 is 1.42. The van der Waals surface area contributed by atoms with Gasteiger partial charge in [0.1, 0.15) is 5.41 Å². The molecule has 0 spiro atoms. The first kappa shape index (κ1) is 18.2. The van der Waals surface area contributed by atoms with Crippen LogP contribution in [0.15, 0.2) is 30.0 Å². The number of benzene rings is 1. The Morgan fingerprint density at radius 2 is 2.14 bits per heavy atom.